The molecule has 0 saturated carbocycles. The lowest BCUT2D eigenvalue weighted by molar-refractivity contribution is 0.0523. The van der Waals surface area contributed by atoms with E-state index in [1.165, 1.54) is 0 Å². The molecule has 0 saturated heterocycles. The van der Waals surface area contributed by atoms with Crippen molar-refractivity contribution >= 4 is 0 Å². The van der Waals surface area contributed by atoms with Crippen LogP contribution in [0.25, 0.3) is 0 Å². The number of nitrogens with two attached hydrogens (primary N) is 1. The Morgan fingerprint density at radius 1 is 1.13 bits per heavy atom. The molecule has 2 N–H and O–H groups in total. The van der Waals surface area contributed by atoms with Crippen molar-refractivity contribution in [3.63, 3.8) is 0 Å². The van der Waals surface area contributed by atoms with Gasteiger partial charge in [-0.05, 0) is 33.4 Å². The van der Waals surface area contributed by atoms with Gasteiger partial charge in [0.1, 0.15) is 0 Å². The Kier molecular flexibility index (Phi) is 10.3. The molecule has 0 bridgehead atoms. The highest BCUT2D eigenvalue weighted by molar-refractivity contribution is 4.58. The van der Waals surface area contributed by atoms with E-state index in [1.807, 2.05) is 0 Å². The number of hydrogen-bond donors (Lipinski definition) is 1. The maximum Gasteiger partial charge on any atom is 0.0596 e. The van der Waals surface area contributed by atoms with Crippen molar-refractivity contribution in [2.24, 2.45) is 5.73 Å². The van der Waals surface area contributed by atoms with Crippen molar-refractivity contribution in [3.8, 4) is 0 Å². The van der Waals surface area contributed by atoms with Crippen LogP contribution in [0.2, 0.25) is 0 Å². The molecule has 0 unspecified atom stereocenters. The van der Waals surface area contributed by atoms with E-state index in [0.717, 1.165) is 45.8 Å². The summed E-state index contributed by atoms with van der Waals surface area (Å²) in [4.78, 5) is 2.33. The second-order valence-corrected chi connectivity index (χ2v) is 3.90. The standard InChI is InChI=1S/C11H26N2O2/c1-11(2)15-10-8-13(6-4-5-12)7-9-14-3/h11H,4-10,12H2,1-3H3. The van der Waals surface area contributed by atoms with Crippen LogP contribution in [0, 0.1) is 0 Å². The maximum atomic E-state index is 5.52. The van der Waals surface area contributed by atoms with E-state index >= 15 is 0 Å². The maximum absolute atomic E-state index is 5.52. The third-order valence-electron chi connectivity index (χ3n) is 2.15. The Bertz CT molecular complexity index is 124. The van der Waals surface area contributed by atoms with Crippen LogP contribution in [0.1, 0.15) is 20.3 Å². The molecule has 0 aliphatic rings. The van der Waals surface area contributed by atoms with Gasteiger partial charge in [0.05, 0.1) is 19.3 Å². The van der Waals surface area contributed by atoms with E-state index in [-0.39, 0.29) is 0 Å². The van der Waals surface area contributed by atoms with Crippen molar-refractivity contribution in [2.75, 3.05) is 46.5 Å². The van der Waals surface area contributed by atoms with E-state index in [9.17, 15) is 0 Å². The van der Waals surface area contributed by atoms with Gasteiger partial charge in [0.2, 0.25) is 0 Å². The SMILES string of the molecule is COCCN(CCCN)CCOC(C)C. The van der Waals surface area contributed by atoms with Crippen LogP contribution in [0.5, 0.6) is 0 Å². The first kappa shape index (κ1) is 14.8. The van der Waals surface area contributed by atoms with Gasteiger partial charge in [-0.1, -0.05) is 0 Å². The van der Waals surface area contributed by atoms with Gasteiger partial charge < -0.3 is 15.2 Å². The summed E-state index contributed by atoms with van der Waals surface area (Å²) in [7, 11) is 1.73. The first-order valence-corrected chi connectivity index (χ1v) is 5.73. The van der Waals surface area contributed by atoms with Crippen LogP contribution in [0.3, 0.4) is 0 Å². The zero-order valence-corrected chi connectivity index (χ0v) is 10.4. The minimum Gasteiger partial charge on any atom is -0.383 e. The Balaban J connectivity index is 3.58. The van der Waals surface area contributed by atoms with Gasteiger partial charge in [-0.3, -0.25) is 4.90 Å². The Hall–Kier alpha value is -0.160. The lowest BCUT2D eigenvalue weighted by atomic mass is 10.3. The molecule has 92 valence electrons. The van der Waals surface area contributed by atoms with Gasteiger partial charge in [-0.2, -0.15) is 0 Å². The Morgan fingerprint density at radius 3 is 2.33 bits per heavy atom. The lowest BCUT2D eigenvalue weighted by Gasteiger charge is -2.22. The van der Waals surface area contributed by atoms with Crippen LogP contribution in [0.15, 0.2) is 0 Å². The largest absolute Gasteiger partial charge is 0.383 e. The average molecular weight is 218 g/mol. The van der Waals surface area contributed by atoms with Gasteiger partial charge in [0, 0.05) is 20.2 Å². The zero-order chi connectivity index (χ0) is 11.5. The Morgan fingerprint density at radius 2 is 1.80 bits per heavy atom. The highest BCUT2D eigenvalue weighted by Crippen LogP contribution is 1.94. The van der Waals surface area contributed by atoms with Crippen LogP contribution in [-0.4, -0.2) is 57.5 Å². The summed E-state index contributed by atoms with van der Waals surface area (Å²) in [6.45, 7) is 9.35. The van der Waals surface area contributed by atoms with Gasteiger partial charge >= 0.3 is 0 Å². The molecule has 0 radical (unpaired) electrons. The quantitative estimate of drug-likeness (QED) is 0.586. The van der Waals surface area contributed by atoms with E-state index in [1.54, 1.807) is 7.11 Å². The number of methoxy groups -OCH3 is 1. The van der Waals surface area contributed by atoms with E-state index < -0.39 is 0 Å². The predicted molar refractivity (Wildman–Crippen MR) is 63.1 cm³/mol. The first-order valence-electron chi connectivity index (χ1n) is 5.73. The van der Waals surface area contributed by atoms with E-state index in [2.05, 4.69) is 18.7 Å². The van der Waals surface area contributed by atoms with Crippen molar-refractivity contribution < 1.29 is 9.47 Å². The second kappa shape index (κ2) is 10.4. The first-order chi connectivity index (χ1) is 7.20. The topological polar surface area (TPSA) is 47.7 Å². The summed E-state index contributed by atoms with van der Waals surface area (Å²) in [6.07, 6.45) is 1.34. The Labute approximate surface area is 93.7 Å². The van der Waals surface area contributed by atoms with Crippen LogP contribution >= 0.6 is 0 Å². The van der Waals surface area contributed by atoms with Crippen molar-refractivity contribution in [3.05, 3.63) is 0 Å². The number of ether oxygens (including phenoxy) is 2. The molecular weight excluding hydrogens is 192 g/mol. The lowest BCUT2D eigenvalue weighted by Crippen LogP contribution is -2.33. The van der Waals surface area contributed by atoms with E-state index in [4.69, 9.17) is 15.2 Å². The third-order valence-corrected chi connectivity index (χ3v) is 2.15. The summed E-state index contributed by atoms with van der Waals surface area (Å²) in [5.41, 5.74) is 5.49. The molecule has 4 nitrogen and oxygen atoms in total. The molecule has 0 fully saturated rings. The molecule has 0 aromatic rings. The van der Waals surface area contributed by atoms with Crippen LogP contribution in [-0.2, 0) is 9.47 Å². The molecular formula is C11H26N2O2. The van der Waals surface area contributed by atoms with Crippen LogP contribution in [0.4, 0.5) is 0 Å². The fraction of sp³-hybridized carbons (Fsp3) is 1.00. The fourth-order valence-corrected chi connectivity index (χ4v) is 1.29. The molecule has 0 aliphatic carbocycles. The molecule has 0 aromatic carbocycles. The number of hydrogen-bond acceptors (Lipinski definition) is 4. The summed E-state index contributed by atoms with van der Waals surface area (Å²) >= 11 is 0. The van der Waals surface area contributed by atoms with Crippen molar-refractivity contribution in [2.45, 2.75) is 26.4 Å². The smallest absolute Gasteiger partial charge is 0.0596 e. The normalized spacial score (nSPS) is 11.6. The van der Waals surface area contributed by atoms with Gasteiger partial charge in [-0.25, -0.2) is 0 Å². The van der Waals surface area contributed by atoms with E-state index in [0.29, 0.717) is 6.10 Å². The molecule has 0 heterocycles. The fourth-order valence-electron chi connectivity index (χ4n) is 1.29. The minimum atomic E-state index is 0.309. The zero-order valence-electron chi connectivity index (χ0n) is 10.4. The second-order valence-electron chi connectivity index (χ2n) is 3.90. The molecule has 0 spiro atoms. The number of nitrogens with zero attached hydrogens (tertiary/aromatic N) is 1. The molecule has 0 amide bonds. The van der Waals surface area contributed by atoms with Gasteiger partial charge in [-0.15, -0.1) is 0 Å². The molecule has 0 aromatic heterocycles. The third kappa shape index (κ3) is 10.1. The highest BCUT2D eigenvalue weighted by Gasteiger charge is 2.04. The average Bonchev–Trinajstić information content (AvgIpc) is 2.20. The van der Waals surface area contributed by atoms with Gasteiger partial charge in [0.25, 0.3) is 0 Å². The van der Waals surface area contributed by atoms with Crippen LogP contribution < -0.4 is 5.73 Å². The van der Waals surface area contributed by atoms with Crippen molar-refractivity contribution in [1.29, 1.82) is 0 Å². The monoisotopic (exact) mass is 218 g/mol. The highest BCUT2D eigenvalue weighted by atomic mass is 16.5. The minimum absolute atomic E-state index is 0.309. The summed E-state index contributed by atoms with van der Waals surface area (Å²) in [5.74, 6) is 0. The molecule has 4 heteroatoms. The molecule has 0 rings (SSSR count). The summed E-state index contributed by atoms with van der Waals surface area (Å²) < 4.78 is 10.6. The van der Waals surface area contributed by atoms with Crippen molar-refractivity contribution in [1.82, 2.24) is 4.90 Å². The summed E-state index contributed by atoms with van der Waals surface area (Å²) in [6, 6.07) is 0. The number of rotatable bonds is 10. The molecule has 0 atom stereocenters. The summed E-state index contributed by atoms with van der Waals surface area (Å²) in [5, 5.41) is 0. The predicted octanol–water partition coefficient (Wildman–Crippen LogP) is 0.709. The molecule has 15 heavy (non-hydrogen) atoms. The molecule has 0 aliphatic heterocycles. The van der Waals surface area contributed by atoms with Gasteiger partial charge in [0.15, 0.2) is 0 Å².